The van der Waals surface area contributed by atoms with Crippen molar-refractivity contribution in [2.45, 2.75) is 25.4 Å². The normalized spacial score (nSPS) is 13.9. The minimum Gasteiger partial charge on any atom is -0.313 e. The summed E-state index contributed by atoms with van der Waals surface area (Å²) in [5, 5.41) is 6.60. The molecule has 2 N–H and O–H groups in total. The zero-order valence-electron chi connectivity index (χ0n) is 10.1. The van der Waals surface area contributed by atoms with Crippen molar-refractivity contribution in [1.29, 1.82) is 0 Å². The van der Waals surface area contributed by atoms with E-state index in [9.17, 15) is 4.39 Å². The van der Waals surface area contributed by atoms with Crippen molar-refractivity contribution in [3.05, 3.63) is 34.6 Å². The Morgan fingerprint density at radius 2 is 1.94 bits per heavy atom. The van der Waals surface area contributed by atoms with Gasteiger partial charge >= 0.3 is 0 Å². The van der Waals surface area contributed by atoms with Gasteiger partial charge in [0.2, 0.25) is 0 Å². The molecule has 1 unspecified atom stereocenters. The second-order valence-corrected chi connectivity index (χ2v) is 4.77. The molecule has 0 aliphatic carbocycles. The summed E-state index contributed by atoms with van der Waals surface area (Å²) >= 11 is 5.78. The summed E-state index contributed by atoms with van der Waals surface area (Å²) in [4.78, 5) is 0. The van der Waals surface area contributed by atoms with E-state index in [0.29, 0.717) is 0 Å². The van der Waals surface area contributed by atoms with Crippen LogP contribution in [0.5, 0.6) is 0 Å². The summed E-state index contributed by atoms with van der Waals surface area (Å²) in [7, 11) is 3.77. The van der Waals surface area contributed by atoms with Crippen LogP contribution in [0, 0.1) is 5.82 Å². The predicted octanol–water partition coefficient (Wildman–Crippen LogP) is 2.74. The minimum atomic E-state index is -0.387. The molecule has 0 aliphatic rings. The van der Waals surface area contributed by atoms with E-state index in [0.717, 1.165) is 5.56 Å². The van der Waals surface area contributed by atoms with Gasteiger partial charge in [0.05, 0.1) is 5.02 Å². The van der Waals surface area contributed by atoms with Gasteiger partial charge in [-0.25, -0.2) is 4.39 Å². The zero-order valence-corrected chi connectivity index (χ0v) is 10.8. The number of likely N-dealkylation sites (N-methyl/N-ethyl adjacent to an activating group) is 2. The van der Waals surface area contributed by atoms with Gasteiger partial charge in [0.15, 0.2) is 0 Å². The standard InChI is InChI=1S/C12H18ClFN2/c1-12(2,16-4)11(15-3)8-5-6-10(14)9(13)7-8/h5-7,11,15-16H,1-4H3. The van der Waals surface area contributed by atoms with Crippen LogP contribution in [-0.4, -0.2) is 19.6 Å². The fourth-order valence-corrected chi connectivity index (χ4v) is 1.97. The maximum Gasteiger partial charge on any atom is 0.141 e. The van der Waals surface area contributed by atoms with Crippen molar-refractivity contribution in [2.24, 2.45) is 0 Å². The molecule has 0 aliphatic heterocycles. The van der Waals surface area contributed by atoms with Crippen molar-refractivity contribution in [3.8, 4) is 0 Å². The van der Waals surface area contributed by atoms with Crippen LogP contribution in [0.15, 0.2) is 18.2 Å². The molecule has 0 fully saturated rings. The van der Waals surface area contributed by atoms with E-state index in [1.807, 2.05) is 14.1 Å². The molecule has 0 saturated heterocycles. The first-order chi connectivity index (χ1) is 7.42. The highest BCUT2D eigenvalue weighted by Gasteiger charge is 2.28. The van der Waals surface area contributed by atoms with Crippen molar-refractivity contribution >= 4 is 11.6 Å². The average molecular weight is 245 g/mol. The number of halogens is 2. The van der Waals surface area contributed by atoms with Gasteiger partial charge in [0.25, 0.3) is 0 Å². The maximum atomic E-state index is 13.1. The molecule has 0 radical (unpaired) electrons. The van der Waals surface area contributed by atoms with Crippen LogP contribution in [0.1, 0.15) is 25.5 Å². The molecule has 1 aromatic carbocycles. The van der Waals surface area contributed by atoms with Crippen molar-refractivity contribution in [2.75, 3.05) is 14.1 Å². The number of hydrogen-bond acceptors (Lipinski definition) is 2. The molecule has 1 aromatic rings. The molecule has 1 atom stereocenters. The lowest BCUT2D eigenvalue weighted by Gasteiger charge is -2.34. The molecular weight excluding hydrogens is 227 g/mol. The Labute approximate surface area is 101 Å². The first-order valence-electron chi connectivity index (χ1n) is 5.23. The van der Waals surface area contributed by atoms with E-state index in [-0.39, 0.29) is 22.4 Å². The summed E-state index contributed by atoms with van der Waals surface area (Å²) in [6, 6.07) is 4.88. The van der Waals surface area contributed by atoms with Gasteiger partial charge in [-0.1, -0.05) is 17.7 Å². The SMILES string of the molecule is CNC(c1ccc(F)c(Cl)c1)C(C)(C)NC. The van der Waals surface area contributed by atoms with Crippen molar-refractivity contribution in [1.82, 2.24) is 10.6 Å². The first kappa shape index (κ1) is 13.4. The van der Waals surface area contributed by atoms with Gasteiger partial charge in [-0.05, 0) is 45.6 Å². The van der Waals surface area contributed by atoms with Crippen LogP contribution < -0.4 is 10.6 Å². The van der Waals surface area contributed by atoms with E-state index >= 15 is 0 Å². The Morgan fingerprint density at radius 1 is 1.31 bits per heavy atom. The third-order valence-electron chi connectivity index (χ3n) is 2.93. The second-order valence-electron chi connectivity index (χ2n) is 4.37. The van der Waals surface area contributed by atoms with Crippen LogP contribution in [0.4, 0.5) is 4.39 Å². The third kappa shape index (κ3) is 2.73. The highest BCUT2D eigenvalue weighted by atomic mass is 35.5. The average Bonchev–Trinajstić information content (AvgIpc) is 2.24. The van der Waals surface area contributed by atoms with Gasteiger partial charge in [-0.15, -0.1) is 0 Å². The molecule has 2 nitrogen and oxygen atoms in total. The van der Waals surface area contributed by atoms with E-state index < -0.39 is 0 Å². The van der Waals surface area contributed by atoms with E-state index in [1.54, 1.807) is 12.1 Å². The number of hydrogen-bond donors (Lipinski definition) is 2. The maximum absolute atomic E-state index is 13.1. The molecule has 4 heteroatoms. The van der Waals surface area contributed by atoms with E-state index in [2.05, 4.69) is 24.5 Å². The number of nitrogens with one attached hydrogen (secondary N) is 2. The van der Waals surface area contributed by atoms with Gasteiger partial charge < -0.3 is 10.6 Å². The van der Waals surface area contributed by atoms with Gasteiger partial charge in [0, 0.05) is 11.6 Å². The molecule has 0 bridgehead atoms. The lowest BCUT2D eigenvalue weighted by atomic mass is 9.89. The summed E-state index contributed by atoms with van der Waals surface area (Å²) in [5.41, 5.74) is 0.823. The summed E-state index contributed by atoms with van der Waals surface area (Å²) in [5.74, 6) is -0.387. The molecule has 0 saturated carbocycles. The molecule has 0 spiro atoms. The largest absolute Gasteiger partial charge is 0.313 e. The first-order valence-corrected chi connectivity index (χ1v) is 5.61. The fourth-order valence-electron chi connectivity index (χ4n) is 1.78. The highest BCUT2D eigenvalue weighted by molar-refractivity contribution is 6.30. The van der Waals surface area contributed by atoms with Crippen molar-refractivity contribution in [3.63, 3.8) is 0 Å². The summed E-state index contributed by atoms with van der Waals surface area (Å²) in [6.07, 6.45) is 0. The van der Waals surface area contributed by atoms with Crippen LogP contribution in [0.25, 0.3) is 0 Å². The second kappa shape index (κ2) is 5.13. The lowest BCUT2D eigenvalue weighted by molar-refractivity contribution is 0.311. The minimum absolute atomic E-state index is 0.0654. The third-order valence-corrected chi connectivity index (χ3v) is 3.22. The van der Waals surface area contributed by atoms with Gasteiger partial charge in [-0.3, -0.25) is 0 Å². The van der Waals surface area contributed by atoms with E-state index in [1.165, 1.54) is 6.07 Å². The molecule has 90 valence electrons. The molecule has 0 aromatic heterocycles. The van der Waals surface area contributed by atoms with Gasteiger partial charge in [0.1, 0.15) is 5.82 Å². The monoisotopic (exact) mass is 244 g/mol. The molecule has 16 heavy (non-hydrogen) atoms. The Kier molecular flexibility index (Phi) is 4.30. The Hall–Kier alpha value is -0.640. The van der Waals surface area contributed by atoms with Crippen molar-refractivity contribution < 1.29 is 4.39 Å². The number of rotatable bonds is 4. The smallest absolute Gasteiger partial charge is 0.141 e. The molecule has 1 rings (SSSR count). The fraction of sp³-hybridized carbons (Fsp3) is 0.500. The molecule has 0 heterocycles. The summed E-state index contributed by atoms with van der Waals surface area (Å²) in [6.45, 7) is 4.15. The predicted molar refractivity (Wildman–Crippen MR) is 66.3 cm³/mol. The van der Waals surface area contributed by atoms with Gasteiger partial charge in [-0.2, -0.15) is 0 Å². The van der Waals surface area contributed by atoms with E-state index in [4.69, 9.17) is 11.6 Å². The van der Waals surface area contributed by atoms with Crippen LogP contribution in [-0.2, 0) is 0 Å². The molecule has 0 amide bonds. The highest BCUT2D eigenvalue weighted by Crippen LogP contribution is 2.27. The lowest BCUT2D eigenvalue weighted by Crippen LogP contribution is -2.47. The van der Waals surface area contributed by atoms with Crippen LogP contribution in [0.3, 0.4) is 0 Å². The number of benzene rings is 1. The Balaban J connectivity index is 3.09. The topological polar surface area (TPSA) is 24.1 Å². The van der Waals surface area contributed by atoms with Crippen LogP contribution >= 0.6 is 11.6 Å². The quantitative estimate of drug-likeness (QED) is 0.851. The Morgan fingerprint density at radius 3 is 2.38 bits per heavy atom. The molecular formula is C12H18ClFN2. The van der Waals surface area contributed by atoms with Crippen LogP contribution in [0.2, 0.25) is 5.02 Å². The zero-order chi connectivity index (χ0) is 12.3. The Bertz CT molecular complexity index is 366. The summed E-state index contributed by atoms with van der Waals surface area (Å²) < 4.78 is 13.1.